The van der Waals surface area contributed by atoms with Crippen LogP contribution in [0.2, 0.25) is 0 Å². The van der Waals surface area contributed by atoms with Crippen molar-refractivity contribution in [3.63, 3.8) is 0 Å². The van der Waals surface area contributed by atoms with Crippen molar-refractivity contribution >= 4 is 0 Å². The molecular formula is C19H25NO. The summed E-state index contributed by atoms with van der Waals surface area (Å²) in [6.07, 6.45) is 2.77. The quantitative estimate of drug-likeness (QED) is 0.823. The molecule has 2 rings (SSSR count). The van der Waals surface area contributed by atoms with Gasteiger partial charge in [-0.15, -0.1) is 0 Å². The van der Waals surface area contributed by atoms with Crippen LogP contribution >= 0.6 is 0 Å². The molecule has 0 saturated carbocycles. The summed E-state index contributed by atoms with van der Waals surface area (Å²) in [5.41, 5.74) is 8.77. The van der Waals surface area contributed by atoms with Crippen molar-refractivity contribution in [1.82, 2.24) is 0 Å². The van der Waals surface area contributed by atoms with Crippen molar-refractivity contribution < 1.29 is 4.74 Å². The lowest BCUT2D eigenvalue weighted by molar-refractivity contribution is 0.317. The Morgan fingerprint density at radius 3 is 2.19 bits per heavy atom. The van der Waals surface area contributed by atoms with Crippen LogP contribution in [0.1, 0.15) is 37.8 Å². The van der Waals surface area contributed by atoms with Crippen molar-refractivity contribution in [3.05, 3.63) is 65.7 Å². The highest BCUT2D eigenvalue weighted by atomic mass is 16.5. The van der Waals surface area contributed by atoms with E-state index in [-0.39, 0.29) is 5.54 Å². The predicted molar refractivity (Wildman–Crippen MR) is 88.5 cm³/mol. The van der Waals surface area contributed by atoms with Crippen molar-refractivity contribution in [2.45, 2.75) is 38.6 Å². The molecule has 1 atom stereocenters. The van der Waals surface area contributed by atoms with Crippen LogP contribution in [-0.4, -0.2) is 6.61 Å². The Morgan fingerprint density at radius 1 is 0.952 bits per heavy atom. The molecule has 0 aliphatic heterocycles. The lowest BCUT2D eigenvalue weighted by atomic mass is 9.82. The molecule has 21 heavy (non-hydrogen) atoms. The zero-order valence-corrected chi connectivity index (χ0v) is 13.0. The van der Waals surface area contributed by atoms with E-state index in [2.05, 4.69) is 50.2 Å². The maximum Gasteiger partial charge on any atom is 0.119 e. The molecule has 2 N–H and O–H groups in total. The van der Waals surface area contributed by atoms with Gasteiger partial charge in [0.2, 0.25) is 0 Å². The second kappa shape index (κ2) is 7.28. The number of ether oxygens (including phenoxy) is 1. The molecule has 2 aromatic rings. The Kier molecular flexibility index (Phi) is 5.40. The molecule has 1 unspecified atom stereocenters. The number of benzene rings is 2. The lowest BCUT2D eigenvalue weighted by Crippen LogP contribution is -2.38. The fourth-order valence-electron chi connectivity index (χ4n) is 2.49. The highest BCUT2D eigenvalue weighted by Gasteiger charge is 2.25. The normalized spacial score (nSPS) is 13.7. The molecule has 0 bridgehead atoms. The number of hydrogen-bond acceptors (Lipinski definition) is 2. The minimum absolute atomic E-state index is 0.329. The van der Waals surface area contributed by atoms with Crippen LogP contribution in [0.5, 0.6) is 5.75 Å². The predicted octanol–water partition coefficient (Wildman–Crippen LogP) is 4.28. The van der Waals surface area contributed by atoms with Crippen LogP contribution in [0.15, 0.2) is 54.6 Å². The molecule has 0 radical (unpaired) electrons. The summed E-state index contributed by atoms with van der Waals surface area (Å²) in [6.45, 7) is 5.01. The van der Waals surface area contributed by atoms with Gasteiger partial charge in [-0.1, -0.05) is 56.3 Å². The maximum absolute atomic E-state index is 6.66. The van der Waals surface area contributed by atoms with Crippen LogP contribution < -0.4 is 10.5 Å². The van der Waals surface area contributed by atoms with E-state index in [1.807, 2.05) is 18.2 Å². The van der Waals surface area contributed by atoms with Gasteiger partial charge in [0.05, 0.1) is 6.61 Å². The Labute approximate surface area is 127 Å². The van der Waals surface area contributed by atoms with E-state index in [0.29, 0.717) is 0 Å². The van der Waals surface area contributed by atoms with Crippen molar-refractivity contribution in [3.8, 4) is 5.75 Å². The molecular weight excluding hydrogens is 258 g/mol. The second-order valence-corrected chi connectivity index (χ2v) is 5.54. The molecule has 0 aliphatic carbocycles. The molecule has 0 aliphatic rings. The van der Waals surface area contributed by atoms with Crippen LogP contribution in [0.25, 0.3) is 0 Å². The molecule has 2 aromatic carbocycles. The van der Waals surface area contributed by atoms with E-state index in [4.69, 9.17) is 10.5 Å². The fourth-order valence-corrected chi connectivity index (χ4v) is 2.49. The average Bonchev–Trinajstić information content (AvgIpc) is 2.54. The first-order chi connectivity index (χ1) is 10.2. The van der Waals surface area contributed by atoms with E-state index in [9.17, 15) is 0 Å². The Bertz CT molecular complexity index is 535. The number of rotatable bonds is 7. The molecule has 0 heterocycles. The summed E-state index contributed by atoms with van der Waals surface area (Å²) < 4.78 is 5.63. The molecule has 112 valence electrons. The third kappa shape index (κ3) is 4.08. The minimum atomic E-state index is -0.329. The van der Waals surface area contributed by atoms with Gasteiger partial charge in [-0.05, 0) is 42.5 Å². The van der Waals surface area contributed by atoms with E-state index in [1.165, 1.54) is 5.56 Å². The monoisotopic (exact) mass is 283 g/mol. The van der Waals surface area contributed by atoms with Gasteiger partial charge in [-0.25, -0.2) is 0 Å². The smallest absolute Gasteiger partial charge is 0.119 e. The third-order valence-corrected chi connectivity index (χ3v) is 3.90. The second-order valence-electron chi connectivity index (χ2n) is 5.54. The zero-order valence-electron chi connectivity index (χ0n) is 13.0. The summed E-state index contributed by atoms with van der Waals surface area (Å²) in [4.78, 5) is 0. The Morgan fingerprint density at radius 2 is 1.62 bits per heavy atom. The van der Waals surface area contributed by atoms with Crippen molar-refractivity contribution in [2.24, 2.45) is 5.73 Å². The van der Waals surface area contributed by atoms with Gasteiger partial charge < -0.3 is 10.5 Å². The molecule has 2 nitrogen and oxygen atoms in total. The van der Waals surface area contributed by atoms with E-state index in [1.54, 1.807) is 0 Å². The molecule has 0 saturated heterocycles. The average molecular weight is 283 g/mol. The Hall–Kier alpha value is -1.80. The van der Waals surface area contributed by atoms with Crippen LogP contribution in [0, 0.1) is 0 Å². The summed E-state index contributed by atoms with van der Waals surface area (Å²) in [6, 6.07) is 18.7. The molecule has 0 fully saturated rings. The molecule has 0 aromatic heterocycles. The van der Waals surface area contributed by atoms with Crippen LogP contribution in [-0.2, 0) is 12.0 Å². The van der Waals surface area contributed by atoms with Crippen LogP contribution in [0.4, 0.5) is 0 Å². The van der Waals surface area contributed by atoms with E-state index >= 15 is 0 Å². The fraction of sp³-hybridized carbons (Fsp3) is 0.368. The lowest BCUT2D eigenvalue weighted by Gasteiger charge is -2.29. The first kappa shape index (κ1) is 15.6. The Balaban J connectivity index is 2.15. The maximum atomic E-state index is 6.66. The van der Waals surface area contributed by atoms with E-state index < -0.39 is 0 Å². The standard InChI is InChI=1S/C19H25NO/c1-3-14-21-18-12-10-17(11-13-18)19(20,4-2)15-16-8-6-5-7-9-16/h5-13H,3-4,14-15,20H2,1-2H3. The third-order valence-electron chi connectivity index (χ3n) is 3.90. The summed E-state index contributed by atoms with van der Waals surface area (Å²) in [5, 5.41) is 0. The topological polar surface area (TPSA) is 35.2 Å². The van der Waals surface area contributed by atoms with Crippen molar-refractivity contribution in [1.29, 1.82) is 0 Å². The zero-order chi connectivity index (χ0) is 15.1. The molecule has 2 heteroatoms. The van der Waals surface area contributed by atoms with Gasteiger partial charge in [0, 0.05) is 5.54 Å². The number of nitrogens with two attached hydrogens (primary N) is 1. The van der Waals surface area contributed by atoms with Gasteiger partial charge in [0.1, 0.15) is 5.75 Å². The largest absolute Gasteiger partial charge is 0.494 e. The first-order valence-electron chi connectivity index (χ1n) is 7.74. The molecule has 0 spiro atoms. The first-order valence-corrected chi connectivity index (χ1v) is 7.74. The minimum Gasteiger partial charge on any atom is -0.494 e. The van der Waals surface area contributed by atoms with Gasteiger partial charge >= 0.3 is 0 Å². The molecule has 0 amide bonds. The van der Waals surface area contributed by atoms with Gasteiger partial charge in [-0.2, -0.15) is 0 Å². The van der Waals surface area contributed by atoms with Gasteiger partial charge in [0.15, 0.2) is 0 Å². The summed E-state index contributed by atoms with van der Waals surface area (Å²) >= 11 is 0. The highest BCUT2D eigenvalue weighted by molar-refractivity contribution is 5.33. The van der Waals surface area contributed by atoms with Crippen LogP contribution in [0.3, 0.4) is 0 Å². The summed E-state index contributed by atoms with van der Waals surface area (Å²) in [7, 11) is 0. The van der Waals surface area contributed by atoms with Gasteiger partial charge in [0.25, 0.3) is 0 Å². The van der Waals surface area contributed by atoms with Crippen molar-refractivity contribution in [2.75, 3.05) is 6.61 Å². The highest BCUT2D eigenvalue weighted by Crippen LogP contribution is 2.28. The number of hydrogen-bond donors (Lipinski definition) is 1. The van der Waals surface area contributed by atoms with E-state index in [0.717, 1.165) is 37.2 Å². The SMILES string of the molecule is CCCOc1ccc(C(N)(CC)Cc2ccccc2)cc1. The summed E-state index contributed by atoms with van der Waals surface area (Å²) in [5.74, 6) is 0.916. The van der Waals surface area contributed by atoms with Gasteiger partial charge in [-0.3, -0.25) is 0 Å².